The Hall–Kier alpha value is -1.56. The van der Waals surface area contributed by atoms with E-state index in [0.29, 0.717) is 18.7 Å². The van der Waals surface area contributed by atoms with E-state index in [2.05, 4.69) is 0 Å². The van der Waals surface area contributed by atoms with Gasteiger partial charge in [-0.15, -0.1) is 0 Å². The lowest BCUT2D eigenvalue weighted by Gasteiger charge is -2.29. The smallest absolute Gasteiger partial charge is 0.259 e. The summed E-state index contributed by atoms with van der Waals surface area (Å²) >= 11 is 0. The van der Waals surface area contributed by atoms with E-state index in [9.17, 15) is 18.0 Å². The molecule has 1 rings (SSSR count). The average Bonchev–Trinajstić information content (AvgIpc) is 2.26. The largest absolute Gasteiger partial charge is 0.341 e. The van der Waals surface area contributed by atoms with Crippen LogP contribution in [-0.2, 0) is 0 Å². The van der Waals surface area contributed by atoms with Crippen LogP contribution in [0.3, 0.4) is 0 Å². The Labute approximate surface area is 110 Å². The molecule has 0 fully saturated rings. The summed E-state index contributed by atoms with van der Waals surface area (Å²) in [6, 6.07) is 0.969. The van der Waals surface area contributed by atoms with Gasteiger partial charge in [-0.05, 0) is 12.0 Å². The van der Waals surface area contributed by atoms with Gasteiger partial charge in [-0.2, -0.15) is 0 Å². The van der Waals surface area contributed by atoms with E-state index >= 15 is 0 Å². The second-order valence-corrected chi connectivity index (χ2v) is 5.27. The van der Waals surface area contributed by atoms with Gasteiger partial charge >= 0.3 is 0 Å². The van der Waals surface area contributed by atoms with Crippen LogP contribution in [0.1, 0.15) is 24.2 Å². The highest BCUT2D eigenvalue weighted by molar-refractivity contribution is 5.94. The van der Waals surface area contributed by atoms with Gasteiger partial charge in [0.1, 0.15) is 23.0 Å². The molecule has 6 heteroatoms. The number of halogens is 3. The molecule has 1 aromatic carbocycles. The minimum Gasteiger partial charge on any atom is -0.341 e. The first kappa shape index (κ1) is 15.5. The molecule has 106 valence electrons. The van der Waals surface area contributed by atoms with Crippen molar-refractivity contribution in [2.75, 3.05) is 20.1 Å². The average molecular weight is 274 g/mol. The standard InChI is InChI=1S/C13H17F3N2O/c1-13(2,6-17)7-18(3)12(19)11-9(15)4-8(14)5-10(11)16/h4-5H,6-7,17H2,1-3H3. The quantitative estimate of drug-likeness (QED) is 0.914. The molecule has 1 aromatic rings. The Morgan fingerprint density at radius 3 is 2.16 bits per heavy atom. The molecule has 0 aliphatic rings. The van der Waals surface area contributed by atoms with E-state index in [0.717, 1.165) is 0 Å². The van der Waals surface area contributed by atoms with Crippen LogP contribution in [0, 0.1) is 22.9 Å². The Morgan fingerprint density at radius 1 is 1.26 bits per heavy atom. The first-order valence-electron chi connectivity index (χ1n) is 5.78. The van der Waals surface area contributed by atoms with Crippen LogP contribution in [0.4, 0.5) is 13.2 Å². The molecule has 0 atom stereocenters. The van der Waals surface area contributed by atoms with Crippen molar-refractivity contribution in [2.45, 2.75) is 13.8 Å². The van der Waals surface area contributed by atoms with E-state index < -0.39 is 28.9 Å². The van der Waals surface area contributed by atoms with Crippen LogP contribution in [0.2, 0.25) is 0 Å². The molecule has 0 aromatic heterocycles. The molecule has 0 saturated carbocycles. The molecule has 1 amide bonds. The first-order chi connectivity index (χ1) is 8.68. The van der Waals surface area contributed by atoms with Gasteiger partial charge in [-0.3, -0.25) is 4.79 Å². The number of benzene rings is 1. The van der Waals surface area contributed by atoms with E-state index in [-0.39, 0.29) is 12.0 Å². The first-order valence-corrected chi connectivity index (χ1v) is 5.78. The number of nitrogens with zero attached hydrogens (tertiary/aromatic N) is 1. The fourth-order valence-corrected chi connectivity index (χ4v) is 1.72. The van der Waals surface area contributed by atoms with E-state index in [1.54, 1.807) is 0 Å². The summed E-state index contributed by atoms with van der Waals surface area (Å²) in [7, 11) is 1.42. The van der Waals surface area contributed by atoms with Crippen LogP contribution < -0.4 is 5.73 Å². The molecule has 0 bridgehead atoms. The van der Waals surface area contributed by atoms with Crippen molar-refractivity contribution in [2.24, 2.45) is 11.1 Å². The molecule has 2 N–H and O–H groups in total. The Balaban J connectivity index is 3.01. The minimum absolute atomic E-state index is 0.235. The van der Waals surface area contributed by atoms with E-state index in [1.807, 2.05) is 13.8 Å². The molecule has 0 spiro atoms. The number of carbonyl (C=O) groups excluding carboxylic acids is 1. The molecule has 0 saturated heterocycles. The summed E-state index contributed by atoms with van der Waals surface area (Å²) in [5.74, 6) is -4.31. The van der Waals surface area contributed by atoms with Gasteiger partial charge in [0.15, 0.2) is 0 Å². The second kappa shape index (κ2) is 5.61. The van der Waals surface area contributed by atoms with Gasteiger partial charge in [0.25, 0.3) is 5.91 Å². The van der Waals surface area contributed by atoms with Crippen molar-refractivity contribution < 1.29 is 18.0 Å². The van der Waals surface area contributed by atoms with Gasteiger partial charge in [-0.25, -0.2) is 13.2 Å². The fraction of sp³-hybridized carbons (Fsp3) is 0.462. The van der Waals surface area contributed by atoms with Crippen molar-refractivity contribution in [3.63, 3.8) is 0 Å². The third-order valence-electron chi connectivity index (χ3n) is 2.79. The van der Waals surface area contributed by atoms with Crippen LogP contribution in [0.5, 0.6) is 0 Å². The Morgan fingerprint density at radius 2 is 1.74 bits per heavy atom. The predicted molar refractivity (Wildman–Crippen MR) is 66.1 cm³/mol. The van der Waals surface area contributed by atoms with Crippen molar-refractivity contribution in [3.05, 3.63) is 35.1 Å². The third-order valence-corrected chi connectivity index (χ3v) is 2.79. The van der Waals surface area contributed by atoms with Crippen LogP contribution >= 0.6 is 0 Å². The fourth-order valence-electron chi connectivity index (χ4n) is 1.72. The predicted octanol–water partition coefficient (Wildman–Crippen LogP) is 2.16. The molecule has 0 heterocycles. The van der Waals surface area contributed by atoms with Crippen molar-refractivity contribution >= 4 is 5.91 Å². The number of rotatable bonds is 4. The maximum Gasteiger partial charge on any atom is 0.259 e. The van der Waals surface area contributed by atoms with Crippen LogP contribution in [0.15, 0.2) is 12.1 Å². The topological polar surface area (TPSA) is 46.3 Å². The monoisotopic (exact) mass is 274 g/mol. The molecular weight excluding hydrogens is 257 g/mol. The molecule has 0 aliphatic carbocycles. The van der Waals surface area contributed by atoms with Crippen molar-refractivity contribution in [1.29, 1.82) is 0 Å². The van der Waals surface area contributed by atoms with E-state index in [4.69, 9.17) is 5.73 Å². The molecular formula is C13H17F3N2O. The van der Waals surface area contributed by atoms with Gasteiger partial charge in [0.05, 0.1) is 0 Å². The summed E-state index contributed by atoms with van der Waals surface area (Å²) in [4.78, 5) is 13.1. The lowest BCUT2D eigenvalue weighted by atomic mass is 9.93. The number of carbonyl (C=O) groups is 1. The highest BCUT2D eigenvalue weighted by Crippen LogP contribution is 2.19. The van der Waals surface area contributed by atoms with Crippen LogP contribution in [0.25, 0.3) is 0 Å². The normalized spacial score (nSPS) is 11.5. The zero-order chi connectivity index (χ0) is 14.8. The van der Waals surface area contributed by atoms with Gasteiger partial charge in [0, 0.05) is 25.7 Å². The maximum absolute atomic E-state index is 13.5. The number of nitrogens with two attached hydrogens (primary N) is 1. The van der Waals surface area contributed by atoms with Crippen molar-refractivity contribution in [3.8, 4) is 0 Å². The Kier molecular flexibility index (Phi) is 4.57. The lowest BCUT2D eigenvalue weighted by Crippen LogP contribution is -2.40. The molecule has 0 radical (unpaired) electrons. The lowest BCUT2D eigenvalue weighted by molar-refractivity contribution is 0.0730. The summed E-state index contributed by atoms with van der Waals surface area (Å²) in [5, 5.41) is 0. The summed E-state index contributed by atoms with van der Waals surface area (Å²) in [6.07, 6.45) is 0. The number of hydrogen-bond acceptors (Lipinski definition) is 2. The SMILES string of the molecule is CN(CC(C)(C)CN)C(=O)c1c(F)cc(F)cc1F. The number of amides is 1. The van der Waals surface area contributed by atoms with Gasteiger partial charge < -0.3 is 10.6 Å². The zero-order valence-electron chi connectivity index (χ0n) is 11.1. The second-order valence-electron chi connectivity index (χ2n) is 5.27. The maximum atomic E-state index is 13.5. The summed E-state index contributed by atoms with van der Waals surface area (Å²) < 4.78 is 39.7. The third kappa shape index (κ3) is 3.70. The highest BCUT2D eigenvalue weighted by Gasteiger charge is 2.26. The van der Waals surface area contributed by atoms with E-state index in [1.165, 1.54) is 11.9 Å². The minimum atomic E-state index is -1.21. The molecule has 0 aliphatic heterocycles. The molecule has 3 nitrogen and oxygen atoms in total. The summed E-state index contributed by atoms with van der Waals surface area (Å²) in [5.41, 5.74) is 4.41. The van der Waals surface area contributed by atoms with Crippen molar-refractivity contribution in [1.82, 2.24) is 4.90 Å². The molecule has 0 unspecified atom stereocenters. The highest BCUT2D eigenvalue weighted by atomic mass is 19.1. The van der Waals surface area contributed by atoms with Crippen LogP contribution in [-0.4, -0.2) is 30.9 Å². The number of hydrogen-bond donors (Lipinski definition) is 1. The van der Waals surface area contributed by atoms with Gasteiger partial charge in [-0.1, -0.05) is 13.8 Å². The zero-order valence-corrected chi connectivity index (χ0v) is 11.1. The Bertz CT molecular complexity index is 466. The van der Waals surface area contributed by atoms with Gasteiger partial charge in [0.2, 0.25) is 0 Å². The molecule has 19 heavy (non-hydrogen) atoms. The summed E-state index contributed by atoms with van der Waals surface area (Å²) in [6.45, 7) is 4.21.